The van der Waals surface area contributed by atoms with Crippen molar-refractivity contribution in [3.63, 3.8) is 0 Å². The Morgan fingerprint density at radius 1 is 1.12 bits per heavy atom. The molecule has 0 radical (unpaired) electrons. The van der Waals surface area contributed by atoms with Crippen molar-refractivity contribution in [2.45, 2.75) is 18.9 Å². The quantitative estimate of drug-likeness (QED) is 0.646. The third-order valence-electron chi connectivity index (χ3n) is 5.62. The van der Waals surface area contributed by atoms with Gasteiger partial charge in [0.15, 0.2) is 0 Å². The van der Waals surface area contributed by atoms with Crippen molar-refractivity contribution < 1.29 is 18.8 Å². The number of fused-ring (bicyclic) bond motifs is 1. The smallest absolute Gasteiger partial charge is 0.252 e. The molecule has 3 amide bonds. The molecule has 2 heterocycles. The summed E-state index contributed by atoms with van der Waals surface area (Å²) in [6.07, 6.45) is 1.35. The van der Waals surface area contributed by atoms with Crippen LogP contribution in [0.2, 0.25) is 0 Å². The molecule has 0 spiro atoms. The second kappa shape index (κ2) is 9.13. The lowest BCUT2D eigenvalue weighted by Crippen LogP contribution is -2.48. The molecule has 1 fully saturated rings. The Morgan fingerprint density at radius 2 is 1.88 bits per heavy atom. The van der Waals surface area contributed by atoms with Gasteiger partial charge in [-0.15, -0.1) is 0 Å². The third kappa shape index (κ3) is 4.30. The van der Waals surface area contributed by atoms with Crippen LogP contribution in [0.1, 0.15) is 23.2 Å². The molecule has 1 aliphatic heterocycles. The van der Waals surface area contributed by atoms with E-state index in [2.05, 4.69) is 15.6 Å². The van der Waals surface area contributed by atoms with Crippen LogP contribution >= 0.6 is 0 Å². The number of pyridine rings is 1. The normalized spacial score (nSPS) is 15.6. The van der Waals surface area contributed by atoms with E-state index in [0.29, 0.717) is 40.7 Å². The van der Waals surface area contributed by atoms with Crippen LogP contribution in [-0.4, -0.2) is 53.8 Å². The average molecular weight is 434 g/mol. The Kier molecular flexibility index (Phi) is 6.11. The van der Waals surface area contributed by atoms with Gasteiger partial charge in [0.25, 0.3) is 5.91 Å². The maximum atomic E-state index is 13.3. The van der Waals surface area contributed by atoms with Gasteiger partial charge in [0.2, 0.25) is 11.8 Å². The molecule has 4 rings (SSSR count). The van der Waals surface area contributed by atoms with Crippen molar-refractivity contribution >= 4 is 28.6 Å². The van der Waals surface area contributed by atoms with E-state index < -0.39 is 11.9 Å². The van der Waals surface area contributed by atoms with E-state index in [4.69, 9.17) is 0 Å². The van der Waals surface area contributed by atoms with Crippen LogP contribution < -0.4 is 10.6 Å². The fourth-order valence-electron chi connectivity index (χ4n) is 3.99. The largest absolute Gasteiger partial charge is 0.357 e. The van der Waals surface area contributed by atoms with Crippen molar-refractivity contribution in [1.29, 1.82) is 0 Å². The molecule has 3 aromatic rings. The molecule has 32 heavy (non-hydrogen) atoms. The molecule has 8 heteroatoms. The highest BCUT2D eigenvalue weighted by Gasteiger charge is 2.33. The lowest BCUT2D eigenvalue weighted by atomic mass is 10.0. The van der Waals surface area contributed by atoms with Gasteiger partial charge in [0.1, 0.15) is 11.9 Å². The lowest BCUT2D eigenvalue weighted by molar-refractivity contribution is -0.137. The molecule has 1 atom stereocenters. The van der Waals surface area contributed by atoms with Crippen molar-refractivity contribution in [2.24, 2.45) is 0 Å². The Labute approximate surface area is 184 Å². The number of likely N-dealkylation sites (N-methyl/N-ethyl adjacent to an activating group) is 1. The monoisotopic (exact) mass is 434 g/mol. The SMILES string of the molecule is CNC(=O)C1CCCN1C(=O)CNC(=O)c1cc(-c2ccc(F)cc2)nc2ccccc12. The van der Waals surface area contributed by atoms with Crippen LogP contribution in [-0.2, 0) is 9.59 Å². The van der Waals surface area contributed by atoms with Gasteiger partial charge >= 0.3 is 0 Å². The van der Waals surface area contributed by atoms with Gasteiger partial charge in [-0.05, 0) is 49.2 Å². The standard InChI is InChI=1S/C24H23FN4O3/c1-26-24(32)21-7-4-12-29(21)22(30)14-27-23(31)18-13-20(15-8-10-16(25)11-9-15)28-19-6-3-2-5-17(18)19/h2-3,5-6,8-11,13,21H,4,7,12,14H2,1H3,(H,26,32)(H,27,31). The first-order valence-corrected chi connectivity index (χ1v) is 10.4. The van der Waals surface area contributed by atoms with Gasteiger partial charge in [0, 0.05) is 24.5 Å². The number of nitrogens with zero attached hydrogens (tertiary/aromatic N) is 2. The first kappa shape index (κ1) is 21.4. The van der Waals surface area contributed by atoms with Crippen LogP contribution in [0.15, 0.2) is 54.6 Å². The van der Waals surface area contributed by atoms with E-state index >= 15 is 0 Å². The molecule has 0 saturated carbocycles. The minimum atomic E-state index is -0.503. The number of hydrogen-bond donors (Lipinski definition) is 2. The summed E-state index contributed by atoms with van der Waals surface area (Å²) in [5.74, 6) is -1.29. The minimum Gasteiger partial charge on any atom is -0.357 e. The van der Waals surface area contributed by atoms with Gasteiger partial charge in [-0.2, -0.15) is 0 Å². The number of hydrogen-bond acceptors (Lipinski definition) is 4. The molecule has 0 bridgehead atoms. The van der Waals surface area contributed by atoms with Crippen LogP contribution in [0.25, 0.3) is 22.2 Å². The van der Waals surface area contributed by atoms with Crippen molar-refractivity contribution in [3.8, 4) is 11.3 Å². The highest BCUT2D eigenvalue weighted by atomic mass is 19.1. The fraction of sp³-hybridized carbons (Fsp3) is 0.250. The summed E-state index contributed by atoms with van der Waals surface area (Å²) in [5, 5.41) is 5.91. The van der Waals surface area contributed by atoms with E-state index in [1.165, 1.54) is 17.0 Å². The number of halogens is 1. The zero-order valence-electron chi connectivity index (χ0n) is 17.6. The molecule has 1 aliphatic rings. The molecular weight excluding hydrogens is 411 g/mol. The number of carbonyl (C=O) groups excluding carboxylic acids is 3. The Morgan fingerprint density at radius 3 is 2.62 bits per heavy atom. The predicted molar refractivity (Wildman–Crippen MR) is 118 cm³/mol. The van der Waals surface area contributed by atoms with Crippen LogP contribution in [0.4, 0.5) is 4.39 Å². The number of para-hydroxylation sites is 1. The molecule has 2 aromatic carbocycles. The predicted octanol–water partition coefficient (Wildman–Crippen LogP) is 2.51. The number of likely N-dealkylation sites (tertiary alicyclic amines) is 1. The summed E-state index contributed by atoms with van der Waals surface area (Å²) in [5.41, 5.74) is 2.18. The topological polar surface area (TPSA) is 91.4 Å². The number of benzene rings is 2. The number of rotatable bonds is 5. The summed E-state index contributed by atoms with van der Waals surface area (Å²) < 4.78 is 13.3. The number of amides is 3. The molecule has 1 aromatic heterocycles. The highest BCUT2D eigenvalue weighted by molar-refractivity contribution is 6.08. The minimum absolute atomic E-state index is 0.203. The molecule has 0 aliphatic carbocycles. The molecule has 2 N–H and O–H groups in total. The average Bonchev–Trinajstić information content (AvgIpc) is 3.31. The second-order valence-corrected chi connectivity index (χ2v) is 7.62. The maximum Gasteiger partial charge on any atom is 0.252 e. The van der Waals surface area contributed by atoms with E-state index in [1.54, 1.807) is 37.4 Å². The molecular formula is C24H23FN4O3. The van der Waals surface area contributed by atoms with E-state index in [9.17, 15) is 18.8 Å². The van der Waals surface area contributed by atoms with Gasteiger partial charge in [-0.3, -0.25) is 14.4 Å². The van der Waals surface area contributed by atoms with Crippen LogP contribution in [0, 0.1) is 5.82 Å². The van der Waals surface area contributed by atoms with E-state index in [-0.39, 0.29) is 24.2 Å². The summed E-state index contributed by atoms with van der Waals surface area (Å²) in [7, 11) is 1.54. The summed E-state index contributed by atoms with van der Waals surface area (Å²) in [6.45, 7) is 0.272. The van der Waals surface area contributed by atoms with Crippen molar-refractivity contribution in [3.05, 3.63) is 66.0 Å². The van der Waals surface area contributed by atoms with Crippen molar-refractivity contribution in [2.75, 3.05) is 20.1 Å². The summed E-state index contributed by atoms with van der Waals surface area (Å²) in [4.78, 5) is 43.8. The van der Waals surface area contributed by atoms with Gasteiger partial charge in [0.05, 0.1) is 23.3 Å². The molecule has 1 unspecified atom stereocenters. The zero-order chi connectivity index (χ0) is 22.7. The van der Waals surface area contributed by atoms with Gasteiger partial charge in [-0.1, -0.05) is 18.2 Å². The van der Waals surface area contributed by atoms with E-state index in [1.807, 2.05) is 12.1 Å². The maximum absolute atomic E-state index is 13.3. The number of nitrogens with one attached hydrogen (secondary N) is 2. The Hall–Kier alpha value is -3.81. The highest BCUT2D eigenvalue weighted by Crippen LogP contribution is 2.25. The summed E-state index contributed by atoms with van der Waals surface area (Å²) in [6, 6.07) is 14.2. The Balaban J connectivity index is 1.57. The van der Waals surface area contributed by atoms with Gasteiger partial charge in [-0.25, -0.2) is 9.37 Å². The fourth-order valence-corrected chi connectivity index (χ4v) is 3.99. The second-order valence-electron chi connectivity index (χ2n) is 7.62. The third-order valence-corrected chi connectivity index (χ3v) is 5.62. The van der Waals surface area contributed by atoms with Crippen LogP contribution in [0.5, 0.6) is 0 Å². The van der Waals surface area contributed by atoms with Gasteiger partial charge < -0.3 is 15.5 Å². The lowest BCUT2D eigenvalue weighted by Gasteiger charge is -2.23. The number of carbonyl (C=O) groups is 3. The molecule has 7 nitrogen and oxygen atoms in total. The summed E-state index contributed by atoms with van der Waals surface area (Å²) >= 11 is 0. The molecule has 164 valence electrons. The van der Waals surface area contributed by atoms with Crippen molar-refractivity contribution in [1.82, 2.24) is 20.5 Å². The molecule has 1 saturated heterocycles. The zero-order valence-corrected chi connectivity index (χ0v) is 17.6. The van der Waals surface area contributed by atoms with E-state index in [0.717, 1.165) is 6.42 Å². The Bertz CT molecular complexity index is 1180. The first-order valence-electron chi connectivity index (χ1n) is 10.4. The van der Waals surface area contributed by atoms with Crippen LogP contribution in [0.3, 0.4) is 0 Å². The number of aromatic nitrogens is 1. The first-order chi connectivity index (χ1) is 15.5.